The molecule has 0 spiro atoms. The number of benzene rings is 1. The molecular formula is C22H24N4O5. The Balaban J connectivity index is 1.55. The van der Waals surface area contributed by atoms with Gasteiger partial charge in [0.05, 0.1) is 19.0 Å². The summed E-state index contributed by atoms with van der Waals surface area (Å²) in [6, 6.07) is 11.4. The van der Waals surface area contributed by atoms with Crippen LogP contribution in [0, 0.1) is 5.92 Å². The van der Waals surface area contributed by atoms with Gasteiger partial charge in [-0.25, -0.2) is 9.98 Å². The number of methoxy groups -OCH3 is 1. The number of hydrogen-bond acceptors (Lipinski definition) is 9. The zero-order valence-electron chi connectivity index (χ0n) is 17.5. The number of rotatable bonds is 8. The minimum absolute atomic E-state index is 0.279. The van der Waals surface area contributed by atoms with E-state index >= 15 is 0 Å². The van der Waals surface area contributed by atoms with Crippen LogP contribution in [0.2, 0.25) is 0 Å². The molecule has 0 atom stereocenters. The summed E-state index contributed by atoms with van der Waals surface area (Å²) >= 11 is 0. The Kier molecular flexibility index (Phi) is 6.61. The van der Waals surface area contributed by atoms with Gasteiger partial charge in [0.25, 0.3) is 5.90 Å². The van der Waals surface area contributed by atoms with Crippen LogP contribution in [0.1, 0.15) is 24.0 Å². The molecule has 2 aliphatic rings. The third kappa shape index (κ3) is 5.30. The Morgan fingerprint density at radius 1 is 1.13 bits per heavy atom. The number of ether oxygens (including phenoxy) is 3. The maximum absolute atomic E-state index is 6.15. The van der Waals surface area contributed by atoms with Crippen molar-refractivity contribution in [3.8, 4) is 5.88 Å². The summed E-state index contributed by atoms with van der Waals surface area (Å²) in [6.07, 6.45) is 3.78. The lowest BCUT2D eigenvalue weighted by Crippen LogP contribution is -2.26. The summed E-state index contributed by atoms with van der Waals surface area (Å²) in [4.78, 5) is 19.1. The molecule has 9 heteroatoms. The van der Waals surface area contributed by atoms with E-state index in [-0.39, 0.29) is 5.90 Å². The Hall–Kier alpha value is -3.62. The van der Waals surface area contributed by atoms with Crippen molar-refractivity contribution in [2.45, 2.75) is 19.4 Å². The molecule has 162 valence electrons. The van der Waals surface area contributed by atoms with Crippen LogP contribution < -0.4 is 4.74 Å². The van der Waals surface area contributed by atoms with Gasteiger partial charge in [0.1, 0.15) is 20.3 Å². The normalized spacial score (nSPS) is 16.6. The van der Waals surface area contributed by atoms with Crippen LogP contribution in [0.4, 0.5) is 5.69 Å². The van der Waals surface area contributed by atoms with Crippen LogP contribution in [0.3, 0.4) is 0 Å². The van der Waals surface area contributed by atoms with Crippen molar-refractivity contribution in [2.75, 3.05) is 27.4 Å². The van der Waals surface area contributed by atoms with Crippen LogP contribution >= 0.6 is 0 Å². The molecule has 2 aromatic rings. The van der Waals surface area contributed by atoms with Crippen molar-refractivity contribution in [2.24, 2.45) is 21.2 Å². The van der Waals surface area contributed by atoms with Crippen molar-refractivity contribution in [3.05, 3.63) is 53.7 Å². The van der Waals surface area contributed by atoms with Gasteiger partial charge in [-0.1, -0.05) is 29.4 Å². The molecule has 1 aromatic heterocycles. The highest BCUT2D eigenvalue weighted by molar-refractivity contribution is 6.45. The van der Waals surface area contributed by atoms with E-state index in [1.807, 2.05) is 30.3 Å². The summed E-state index contributed by atoms with van der Waals surface area (Å²) in [5.74, 6) is 1.84. The third-order valence-corrected chi connectivity index (χ3v) is 4.69. The second kappa shape index (κ2) is 9.92. The summed E-state index contributed by atoms with van der Waals surface area (Å²) in [5.41, 5.74) is 2.86. The Bertz CT molecular complexity index is 984. The highest BCUT2D eigenvalue weighted by Gasteiger charge is 2.30. The Morgan fingerprint density at radius 2 is 2.00 bits per heavy atom. The van der Waals surface area contributed by atoms with Crippen LogP contribution in [0.25, 0.3) is 0 Å². The SMILES string of the molecule is CO/N=C(/C1=NOCCO1)c1ccccc1CO/C(=N\c1ccc(OC)nc1)C1CC1. The first kappa shape index (κ1) is 20.6. The highest BCUT2D eigenvalue weighted by Crippen LogP contribution is 2.33. The molecule has 2 heterocycles. The van der Waals surface area contributed by atoms with Gasteiger partial charge in [-0.2, -0.15) is 0 Å². The number of pyridine rings is 1. The van der Waals surface area contributed by atoms with Crippen LogP contribution in [0.5, 0.6) is 5.88 Å². The van der Waals surface area contributed by atoms with Gasteiger partial charge in [0.2, 0.25) is 5.88 Å². The quantitative estimate of drug-likeness (QED) is 0.366. The molecule has 31 heavy (non-hydrogen) atoms. The lowest BCUT2D eigenvalue weighted by Gasteiger charge is -2.17. The zero-order chi connectivity index (χ0) is 21.5. The van der Waals surface area contributed by atoms with Crippen molar-refractivity contribution in [1.82, 2.24) is 4.98 Å². The standard InChI is InChI=1S/C22H24N4O5/c1-27-19-10-9-17(13-23-19)24-21(15-7-8-15)30-14-16-5-3-4-6-18(16)20(25-28-2)22-26-31-12-11-29-22/h3-6,9-10,13,15H,7-8,11-12,14H2,1-2H3/b24-21-,25-20+. The van der Waals surface area contributed by atoms with Crippen LogP contribution in [0.15, 0.2) is 57.9 Å². The monoisotopic (exact) mass is 424 g/mol. The lowest BCUT2D eigenvalue weighted by molar-refractivity contribution is 0.0672. The van der Waals surface area contributed by atoms with Crippen molar-refractivity contribution in [1.29, 1.82) is 0 Å². The van der Waals surface area contributed by atoms with E-state index in [2.05, 4.69) is 20.3 Å². The van der Waals surface area contributed by atoms with Gasteiger partial charge in [0, 0.05) is 17.5 Å². The average Bonchev–Trinajstić information content (AvgIpc) is 3.67. The van der Waals surface area contributed by atoms with Gasteiger partial charge in [-0.05, 0) is 29.6 Å². The first-order chi connectivity index (χ1) is 15.3. The number of oxime groups is 2. The van der Waals surface area contributed by atoms with E-state index in [1.54, 1.807) is 19.4 Å². The number of hydrogen-bond donors (Lipinski definition) is 0. The maximum Gasteiger partial charge on any atom is 0.280 e. The smallest absolute Gasteiger partial charge is 0.280 e. The molecule has 0 saturated heterocycles. The fourth-order valence-electron chi connectivity index (χ4n) is 3.00. The van der Waals surface area contributed by atoms with E-state index in [0.717, 1.165) is 29.7 Å². The van der Waals surface area contributed by atoms with E-state index in [9.17, 15) is 0 Å². The zero-order valence-corrected chi connectivity index (χ0v) is 17.5. The summed E-state index contributed by atoms with van der Waals surface area (Å²) in [7, 11) is 3.06. The van der Waals surface area contributed by atoms with Crippen molar-refractivity contribution < 1.29 is 23.9 Å². The summed E-state index contributed by atoms with van der Waals surface area (Å²) in [6.45, 7) is 1.11. The molecule has 1 saturated carbocycles. The molecule has 0 amide bonds. The van der Waals surface area contributed by atoms with E-state index in [0.29, 0.717) is 43.2 Å². The van der Waals surface area contributed by atoms with Crippen molar-refractivity contribution in [3.63, 3.8) is 0 Å². The number of aromatic nitrogens is 1. The van der Waals surface area contributed by atoms with Gasteiger partial charge >= 0.3 is 0 Å². The predicted molar refractivity (Wildman–Crippen MR) is 115 cm³/mol. The third-order valence-electron chi connectivity index (χ3n) is 4.69. The van der Waals surface area contributed by atoms with Gasteiger partial charge in [0.15, 0.2) is 18.2 Å². The summed E-state index contributed by atoms with van der Waals surface area (Å²) < 4.78 is 16.9. The van der Waals surface area contributed by atoms with Gasteiger partial charge in [-0.15, -0.1) is 0 Å². The fraction of sp³-hybridized carbons (Fsp3) is 0.364. The van der Waals surface area contributed by atoms with Crippen molar-refractivity contribution >= 4 is 23.2 Å². The van der Waals surface area contributed by atoms with E-state index < -0.39 is 0 Å². The molecule has 0 N–H and O–H groups in total. The van der Waals surface area contributed by atoms with Crippen LogP contribution in [-0.4, -0.2) is 49.9 Å². The second-order valence-corrected chi connectivity index (χ2v) is 6.93. The molecule has 1 fully saturated rings. The molecule has 4 rings (SSSR count). The van der Waals surface area contributed by atoms with Gasteiger partial charge < -0.3 is 23.9 Å². The minimum Gasteiger partial charge on any atom is -0.481 e. The molecule has 0 radical (unpaired) electrons. The Labute approximate surface area is 180 Å². The number of nitrogens with zero attached hydrogens (tertiary/aromatic N) is 4. The highest BCUT2D eigenvalue weighted by atomic mass is 16.7. The fourth-order valence-corrected chi connectivity index (χ4v) is 3.00. The molecule has 1 aromatic carbocycles. The first-order valence-corrected chi connectivity index (χ1v) is 10.0. The predicted octanol–water partition coefficient (Wildman–Crippen LogP) is 3.46. The lowest BCUT2D eigenvalue weighted by atomic mass is 10.0. The van der Waals surface area contributed by atoms with Gasteiger partial charge in [-0.3, -0.25) is 0 Å². The average molecular weight is 424 g/mol. The molecular weight excluding hydrogens is 400 g/mol. The minimum atomic E-state index is 0.279. The topological polar surface area (TPSA) is 96.1 Å². The molecule has 0 bridgehead atoms. The maximum atomic E-state index is 6.15. The molecule has 1 aliphatic carbocycles. The first-order valence-electron chi connectivity index (χ1n) is 10.0. The molecule has 1 aliphatic heterocycles. The molecule has 9 nitrogen and oxygen atoms in total. The van der Waals surface area contributed by atoms with Crippen LogP contribution in [-0.2, 0) is 25.8 Å². The van der Waals surface area contributed by atoms with E-state index in [4.69, 9.17) is 23.9 Å². The summed E-state index contributed by atoms with van der Waals surface area (Å²) in [5, 5.41) is 8.08. The second-order valence-electron chi connectivity index (χ2n) is 6.93. The number of aliphatic imine (C=N–C) groups is 1. The largest absolute Gasteiger partial charge is 0.481 e. The Morgan fingerprint density at radius 3 is 2.68 bits per heavy atom. The van der Waals surface area contributed by atoms with E-state index in [1.165, 1.54) is 7.11 Å². The molecule has 0 unspecified atom stereocenters.